The molecule has 0 aliphatic heterocycles. The SMILES string of the molecule is CCOc1ccc(C(=O)NCc2cccc(F)c2)cc1[N+](=O)[O-]. The van der Waals surface area contributed by atoms with E-state index in [0.29, 0.717) is 5.56 Å². The number of ether oxygens (including phenoxy) is 1. The molecule has 6 nitrogen and oxygen atoms in total. The number of hydrogen-bond acceptors (Lipinski definition) is 4. The lowest BCUT2D eigenvalue weighted by molar-refractivity contribution is -0.385. The molecule has 0 aliphatic carbocycles. The maximum atomic E-state index is 13.1. The zero-order chi connectivity index (χ0) is 16.8. The highest BCUT2D eigenvalue weighted by molar-refractivity contribution is 5.95. The molecule has 0 saturated heterocycles. The van der Waals surface area contributed by atoms with E-state index < -0.39 is 16.6 Å². The second kappa shape index (κ2) is 7.35. The van der Waals surface area contributed by atoms with Crippen LogP contribution in [0.4, 0.5) is 10.1 Å². The van der Waals surface area contributed by atoms with Gasteiger partial charge in [0.25, 0.3) is 5.91 Å². The van der Waals surface area contributed by atoms with Crippen molar-refractivity contribution in [2.24, 2.45) is 0 Å². The lowest BCUT2D eigenvalue weighted by Gasteiger charge is -2.08. The van der Waals surface area contributed by atoms with Crippen molar-refractivity contribution >= 4 is 11.6 Å². The van der Waals surface area contributed by atoms with Crippen molar-refractivity contribution in [1.82, 2.24) is 5.32 Å². The van der Waals surface area contributed by atoms with Gasteiger partial charge in [0.15, 0.2) is 5.75 Å². The number of benzene rings is 2. The van der Waals surface area contributed by atoms with Gasteiger partial charge in [-0.3, -0.25) is 14.9 Å². The Bertz CT molecular complexity index is 734. The lowest BCUT2D eigenvalue weighted by Crippen LogP contribution is -2.23. The van der Waals surface area contributed by atoms with Crippen LogP contribution < -0.4 is 10.1 Å². The Morgan fingerprint density at radius 1 is 1.30 bits per heavy atom. The smallest absolute Gasteiger partial charge is 0.311 e. The monoisotopic (exact) mass is 318 g/mol. The molecule has 7 heteroatoms. The van der Waals surface area contributed by atoms with Crippen LogP contribution in [0, 0.1) is 15.9 Å². The summed E-state index contributed by atoms with van der Waals surface area (Å²) < 4.78 is 18.2. The number of nitro benzene ring substituents is 1. The number of halogens is 1. The van der Waals surface area contributed by atoms with Crippen LogP contribution in [-0.4, -0.2) is 17.4 Å². The first-order valence-electron chi connectivity index (χ1n) is 6.95. The average Bonchev–Trinajstić information content (AvgIpc) is 2.53. The van der Waals surface area contributed by atoms with Crippen LogP contribution in [0.15, 0.2) is 42.5 Å². The molecule has 2 rings (SSSR count). The van der Waals surface area contributed by atoms with E-state index in [4.69, 9.17) is 4.74 Å². The normalized spacial score (nSPS) is 10.2. The van der Waals surface area contributed by atoms with E-state index >= 15 is 0 Å². The van der Waals surface area contributed by atoms with Gasteiger partial charge in [-0.05, 0) is 36.8 Å². The summed E-state index contributed by atoms with van der Waals surface area (Å²) in [4.78, 5) is 22.5. The minimum absolute atomic E-state index is 0.110. The first-order valence-corrected chi connectivity index (χ1v) is 6.95. The van der Waals surface area contributed by atoms with Crippen LogP contribution in [0.5, 0.6) is 5.75 Å². The van der Waals surface area contributed by atoms with Gasteiger partial charge in [-0.25, -0.2) is 4.39 Å². The van der Waals surface area contributed by atoms with Crippen LogP contribution in [-0.2, 0) is 6.54 Å². The number of carbonyl (C=O) groups is 1. The number of hydrogen-bond donors (Lipinski definition) is 1. The van der Waals surface area contributed by atoms with Crippen molar-refractivity contribution in [3.8, 4) is 5.75 Å². The molecular weight excluding hydrogens is 303 g/mol. The van der Waals surface area contributed by atoms with Gasteiger partial charge in [0.05, 0.1) is 11.5 Å². The van der Waals surface area contributed by atoms with Gasteiger partial charge < -0.3 is 10.1 Å². The molecule has 120 valence electrons. The van der Waals surface area contributed by atoms with Crippen molar-refractivity contribution < 1.29 is 18.8 Å². The third kappa shape index (κ3) is 4.26. The summed E-state index contributed by atoms with van der Waals surface area (Å²) in [6, 6.07) is 9.81. The van der Waals surface area contributed by atoms with Crippen LogP contribution in [0.2, 0.25) is 0 Å². The van der Waals surface area contributed by atoms with E-state index in [2.05, 4.69) is 5.32 Å². The highest BCUT2D eigenvalue weighted by Gasteiger charge is 2.18. The van der Waals surface area contributed by atoms with Gasteiger partial charge in [-0.1, -0.05) is 12.1 Å². The third-order valence-electron chi connectivity index (χ3n) is 3.06. The summed E-state index contributed by atoms with van der Waals surface area (Å²) in [5, 5.41) is 13.6. The Hall–Kier alpha value is -2.96. The average molecular weight is 318 g/mol. The predicted molar refractivity (Wildman–Crippen MR) is 81.8 cm³/mol. The highest BCUT2D eigenvalue weighted by Crippen LogP contribution is 2.27. The molecular formula is C16H15FN2O4. The summed E-state index contributed by atoms with van der Waals surface area (Å²) in [7, 11) is 0. The molecule has 0 atom stereocenters. The zero-order valence-corrected chi connectivity index (χ0v) is 12.4. The minimum Gasteiger partial charge on any atom is -0.487 e. The van der Waals surface area contributed by atoms with Crippen molar-refractivity contribution in [3.63, 3.8) is 0 Å². The quantitative estimate of drug-likeness (QED) is 0.655. The number of rotatable bonds is 6. The zero-order valence-electron chi connectivity index (χ0n) is 12.4. The lowest BCUT2D eigenvalue weighted by atomic mass is 10.1. The van der Waals surface area contributed by atoms with Crippen LogP contribution in [0.1, 0.15) is 22.8 Å². The van der Waals surface area contributed by atoms with Crippen molar-refractivity contribution in [2.45, 2.75) is 13.5 Å². The second-order valence-corrected chi connectivity index (χ2v) is 4.69. The fourth-order valence-electron chi connectivity index (χ4n) is 2.01. The number of nitrogens with zero attached hydrogens (tertiary/aromatic N) is 1. The largest absolute Gasteiger partial charge is 0.487 e. The van der Waals surface area contributed by atoms with Gasteiger partial charge in [0.1, 0.15) is 5.82 Å². The van der Waals surface area contributed by atoms with Gasteiger partial charge in [0, 0.05) is 18.2 Å². The molecule has 0 fully saturated rings. The topological polar surface area (TPSA) is 81.5 Å². The summed E-state index contributed by atoms with van der Waals surface area (Å²) in [5.41, 5.74) is 0.459. The van der Waals surface area contributed by atoms with E-state index in [9.17, 15) is 19.3 Å². The molecule has 23 heavy (non-hydrogen) atoms. The molecule has 2 aromatic rings. The summed E-state index contributed by atoms with van der Waals surface area (Å²) in [6.07, 6.45) is 0. The molecule has 0 heterocycles. The van der Waals surface area contributed by atoms with Gasteiger partial charge in [-0.2, -0.15) is 0 Å². The predicted octanol–water partition coefficient (Wildman–Crippen LogP) is 3.06. The van der Waals surface area contributed by atoms with Crippen LogP contribution >= 0.6 is 0 Å². The third-order valence-corrected chi connectivity index (χ3v) is 3.06. The first-order chi connectivity index (χ1) is 11.0. The Morgan fingerprint density at radius 3 is 2.74 bits per heavy atom. The molecule has 0 aromatic heterocycles. The molecule has 0 saturated carbocycles. The van der Waals surface area contributed by atoms with Gasteiger partial charge in [-0.15, -0.1) is 0 Å². The van der Waals surface area contributed by atoms with Gasteiger partial charge in [0.2, 0.25) is 0 Å². The maximum absolute atomic E-state index is 13.1. The Kier molecular flexibility index (Phi) is 5.24. The molecule has 0 aliphatic rings. The minimum atomic E-state index is -0.603. The van der Waals surface area contributed by atoms with E-state index in [-0.39, 0.29) is 30.2 Å². The fourth-order valence-corrected chi connectivity index (χ4v) is 2.01. The number of nitrogens with one attached hydrogen (secondary N) is 1. The van der Waals surface area contributed by atoms with Gasteiger partial charge >= 0.3 is 5.69 Å². The standard InChI is InChI=1S/C16H15FN2O4/c1-2-23-15-7-6-12(9-14(15)19(21)22)16(20)18-10-11-4-3-5-13(17)8-11/h3-9H,2,10H2,1H3,(H,18,20). The van der Waals surface area contributed by atoms with E-state index in [1.165, 1.54) is 24.3 Å². The van der Waals surface area contributed by atoms with Crippen molar-refractivity contribution in [1.29, 1.82) is 0 Å². The number of carbonyl (C=O) groups excluding carboxylic acids is 1. The Morgan fingerprint density at radius 2 is 2.09 bits per heavy atom. The fraction of sp³-hybridized carbons (Fsp3) is 0.188. The van der Waals surface area contributed by atoms with Crippen LogP contribution in [0.3, 0.4) is 0 Å². The Balaban J connectivity index is 2.13. The molecule has 1 amide bonds. The summed E-state index contributed by atoms with van der Waals surface area (Å²) in [6.45, 7) is 2.12. The summed E-state index contributed by atoms with van der Waals surface area (Å²) in [5.74, 6) is -0.770. The second-order valence-electron chi connectivity index (χ2n) is 4.69. The molecule has 0 radical (unpaired) electrons. The molecule has 0 unspecified atom stereocenters. The maximum Gasteiger partial charge on any atom is 0.311 e. The number of amides is 1. The van der Waals surface area contributed by atoms with E-state index in [0.717, 1.165) is 6.07 Å². The highest BCUT2D eigenvalue weighted by atomic mass is 19.1. The molecule has 0 spiro atoms. The molecule has 1 N–H and O–H groups in total. The van der Waals surface area contributed by atoms with E-state index in [1.807, 2.05) is 0 Å². The summed E-state index contributed by atoms with van der Waals surface area (Å²) >= 11 is 0. The van der Waals surface area contributed by atoms with Crippen molar-refractivity contribution in [2.75, 3.05) is 6.61 Å². The first kappa shape index (κ1) is 16.4. The molecule has 0 bridgehead atoms. The molecule has 2 aromatic carbocycles. The van der Waals surface area contributed by atoms with E-state index in [1.54, 1.807) is 19.1 Å². The number of nitro groups is 1. The Labute approximate surface area is 132 Å². The van der Waals surface area contributed by atoms with Crippen LogP contribution in [0.25, 0.3) is 0 Å². The van der Waals surface area contributed by atoms with Crippen molar-refractivity contribution in [3.05, 3.63) is 69.5 Å².